The lowest BCUT2D eigenvalue weighted by Crippen LogP contribution is -2.09. The van der Waals surface area contributed by atoms with E-state index < -0.39 is 0 Å². The molecule has 0 saturated heterocycles. The van der Waals surface area contributed by atoms with Crippen molar-refractivity contribution in [3.05, 3.63) is 35.9 Å². The van der Waals surface area contributed by atoms with Gasteiger partial charge < -0.3 is 5.21 Å². The third-order valence-electron chi connectivity index (χ3n) is 1.70. The standard InChI is InChI=1S/C10H9NO3/c12-7-9(11-14)6-10(13)8-4-2-1-3-5-8/h1-5,7,14H,6H2. The van der Waals surface area contributed by atoms with Crippen molar-refractivity contribution in [2.45, 2.75) is 6.42 Å². The monoisotopic (exact) mass is 191 g/mol. The van der Waals surface area contributed by atoms with Crippen LogP contribution in [0, 0.1) is 0 Å². The SMILES string of the molecule is O=CC(CC(=O)c1ccccc1)=NO. The molecule has 1 aromatic carbocycles. The molecule has 4 heteroatoms. The highest BCUT2D eigenvalue weighted by Gasteiger charge is 2.09. The van der Waals surface area contributed by atoms with Crippen LogP contribution < -0.4 is 0 Å². The minimum Gasteiger partial charge on any atom is -0.411 e. The summed E-state index contributed by atoms with van der Waals surface area (Å²) in [5, 5.41) is 11.0. The average molecular weight is 191 g/mol. The van der Waals surface area contributed by atoms with Crippen molar-refractivity contribution >= 4 is 17.8 Å². The van der Waals surface area contributed by atoms with Gasteiger partial charge in [0.1, 0.15) is 5.71 Å². The van der Waals surface area contributed by atoms with E-state index in [4.69, 9.17) is 5.21 Å². The van der Waals surface area contributed by atoms with E-state index >= 15 is 0 Å². The quantitative estimate of drug-likeness (QED) is 0.256. The van der Waals surface area contributed by atoms with E-state index in [0.29, 0.717) is 11.8 Å². The average Bonchev–Trinajstić information content (AvgIpc) is 2.26. The topological polar surface area (TPSA) is 66.7 Å². The smallest absolute Gasteiger partial charge is 0.169 e. The number of benzene rings is 1. The van der Waals surface area contributed by atoms with Crippen LogP contribution >= 0.6 is 0 Å². The Morgan fingerprint density at radius 2 is 2.00 bits per heavy atom. The van der Waals surface area contributed by atoms with Gasteiger partial charge in [-0.25, -0.2) is 0 Å². The van der Waals surface area contributed by atoms with Gasteiger partial charge in [-0.3, -0.25) is 9.59 Å². The van der Waals surface area contributed by atoms with Crippen LogP contribution in [0.3, 0.4) is 0 Å². The van der Waals surface area contributed by atoms with E-state index in [9.17, 15) is 9.59 Å². The van der Waals surface area contributed by atoms with E-state index in [2.05, 4.69) is 5.16 Å². The Morgan fingerprint density at radius 1 is 1.36 bits per heavy atom. The predicted molar refractivity (Wildman–Crippen MR) is 50.7 cm³/mol. The molecule has 0 fully saturated rings. The maximum Gasteiger partial charge on any atom is 0.169 e. The highest BCUT2D eigenvalue weighted by atomic mass is 16.4. The number of rotatable bonds is 4. The zero-order valence-electron chi connectivity index (χ0n) is 7.38. The van der Waals surface area contributed by atoms with Crippen molar-refractivity contribution in [1.82, 2.24) is 0 Å². The lowest BCUT2D eigenvalue weighted by atomic mass is 10.1. The summed E-state index contributed by atoms with van der Waals surface area (Å²) in [7, 11) is 0. The zero-order valence-corrected chi connectivity index (χ0v) is 7.38. The van der Waals surface area contributed by atoms with E-state index in [0.717, 1.165) is 0 Å². The van der Waals surface area contributed by atoms with E-state index in [-0.39, 0.29) is 17.9 Å². The molecule has 0 unspecified atom stereocenters. The molecule has 72 valence electrons. The number of oxime groups is 1. The van der Waals surface area contributed by atoms with Crippen molar-refractivity contribution in [3.63, 3.8) is 0 Å². The van der Waals surface area contributed by atoms with Crippen LogP contribution in [0.2, 0.25) is 0 Å². The van der Waals surface area contributed by atoms with Gasteiger partial charge in [0.2, 0.25) is 0 Å². The molecule has 1 aromatic rings. The molecule has 1 rings (SSSR count). The molecule has 0 amide bonds. The molecule has 1 N–H and O–H groups in total. The summed E-state index contributed by atoms with van der Waals surface area (Å²) in [6.45, 7) is 0. The van der Waals surface area contributed by atoms with Crippen molar-refractivity contribution in [3.8, 4) is 0 Å². The van der Waals surface area contributed by atoms with Gasteiger partial charge >= 0.3 is 0 Å². The first-order valence-corrected chi connectivity index (χ1v) is 4.02. The third-order valence-corrected chi connectivity index (χ3v) is 1.70. The molecule has 0 atom stereocenters. The van der Waals surface area contributed by atoms with Crippen LogP contribution in [0.5, 0.6) is 0 Å². The number of hydrogen-bond acceptors (Lipinski definition) is 4. The Hall–Kier alpha value is -1.97. The van der Waals surface area contributed by atoms with Gasteiger partial charge in [-0.05, 0) is 0 Å². The van der Waals surface area contributed by atoms with Crippen LogP contribution in [-0.4, -0.2) is 23.0 Å². The number of aldehydes is 1. The van der Waals surface area contributed by atoms with Crippen LogP contribution in [0.15, 0.2) is 35.5 Å². The normalized spacial score (nSPS) is 11.0. The lowest BCUT2D eigenvalue weighted by Gasteiger charge is -1.97. The Labute approximate surface area is 80.9 Å². The van der Waals surface area contributed by atoms with Gasteiger partial charge in [-0.2, -0.15) is 0 Å². The zero-order chi connectivity index (χ0) is 10.4. The molecule has 14 heavy (non-hydrogen) atoms. The molecule has 0 bridgehead atoms. The Morgan fingerprint density at radius 3 is 2.50 bits per heavy atom. The van der Waals surface area contributed by atoms with E-state index in [1.165, 1.54) is 0 Å². The van der Waals surface area contributed by atoms with Crippen molar-refractivity contribution in [2.24, 2.45) is 5.16 Å². The number of carbonyl (C=O) groups excluding carboxylic acids is 2. The number of ketones is 1. The first-order chi connectivity index (χ1) is 6.77. The van der Waals surface area contributed by atoms with Gasteiger partial charge in [0.15, 0.2) is 12.1 Å². The summed E-state index contributed by atoms with van der Waals surface area (Å²) in [4.78, 5) is 21.7. The summed E-state index contributed by atoms with van der Waals surface area (Å²) in [6, 6.07) is 8.52. The van der Waals surface area contributed by atoms with Crippen molar-refractivity contribution in [1.29, 1.82) is 0 Å². The second-order valence-electron chi connectivity index (χ2n) is 2.68. The van der Waals surface area contributed by atoms with Gasteiger partial charge in [-0.15, -0.1) is 0 Å². The summed E-state index contributed by atoms with van der Waals surface area (Å²) >= 11 is 0. The molecule has 0 aromatic heterocycles. The number of carbonyl (C=O) groups is 2. The maximum absolute atomic E-state index is 11.4. The maximum atomic E-state index is 11.4. The van der Waals surface area contributed by atoms with Gasteiger partial charge in [0.05, 0.1) is 6.42 Å². The number of Topliss-reactive ketones (excluding diaryl/α,β-unsaturated/α-hetero) is 1. The minimum absolute atomic E-state index is 0.168. The molecule has 0 heterocycles. The second kappa shape index (κ2) is 4.91. The fourth-order valence-electron chi connectivity index (χ4n) is 0.991. The van der Waals surface area contributed by atoms with Gasteiger partial charge in [-0.1, -0.05) is 35.5 Å². The number of nitrogens with zero attached hydrogens (tertiary/aromatic N) is 1. The fraction of sp³-hybridized carbons (Fsp3) is 0.100. The summed E-state index contributed by atoms with van der Waals surface area (Å²) in [5.41, 5.74) is 0.328. The molecule has 0 radical (unpaired) electrons. The van der Waals surface area contributed by atoms with Crippen LogP contribution in [0.25, 0.3) is 0 Å². The highest BCUT2D eigenvalue weighted by Crippen LogP contribution is 2.03. The Bertz CT molecular complexity index is 357. The highest BCUT2D eigenvalue weighted by molar-refractivity contribution is 6.33. The van der Waals surface area contributed by atoms with Gasteiger partial charge in [0.25, 0.3) is 0 Å². The molecular weight excluding hydrogens is 182 g/mol. The minimum atomic E-state index is -0.245. The largest absolute Gasteiger partial charge is 0.411 e. The molecule has 0 aliphatic carbocycles. The van der Waals surface area contributed by atoms with Crippen LogP contribution in [0.4, 0.5) is 0 Å². The van der Waals surface area contributed by atoms with E-state index in [1.54, 1.807) is 30.3 Å². The first-order valence-electron chi connectivity index (χ1n) is 4.02. The van der Waals surface area contributed by atoms with Crippen LogP contribution in [0.1, 0.15) is 16.8 Å². The molecule has 4 nitrogen and oxygen atoms in total. The molecular formula is C10H9NO3. The van der Waals surface area contributed by atoms with Gasteiger partial charge in [0, 0.05) is 5.56 Å². The lowest BCUT2D eigenvalue weighted by molar-refractivity contribution is -0.102. The van der Waals surface area contributed by atoms with E-state index in [1.807, 2.05) is 0 Å². The molecule has 0 aliphatic rings. The predicted octanol–water partition coefficient (Wildman–Crippen LogP) is 1.29. The fourth-order valence-corrected chi connectivity index (χ4v) is 0.991. The molecule has 0 saturated carbocycles. The van der Waals surface area contributed by atoms with Crippen molar-refractivity contribution in [2.75, 3.05) is 0 Å². The van der Waals surface area contributed by atoms with Crippen LogP contribution in [-0.2, 0) is 4.79 Å². The van der Waals surface area contributed by atoms with Crippen molar-refractivity contribution < 1.29 is 14.8 Å². The molecule has 0 aliphatic heterocycles. The number of hydrogen-bond donors (Lipinski definition) is 1. The summed E-state index contributed by atoms with van der Waals surface area (Å²) in [5.74, 6) is -0.245. The summed E-state index contributed by atoms with van der Waals surface area (Å²) in [6.07, 6.45) is 0.185. The second-order valence-corrected chi connectivity index (χ2v) is 2.68. The first kappa shape index (κ1) is 10.1. The third kappa shape index (κ3) is 2.52. The summed E-state index contributed by atoms with van der Waals surface area (Å²) < 4.78 is 0. The Balaban J connectivity index is 2.73. The molecule has 0 spiro atoms. The Kier molecular flexibility index (Phi) is 3.55.